The zero-order valence-corrected chi connectivity index (χ0v) is 10.6. The maximum atomic E-state index is 13.3. The molecule has 5 nitrogen and oxygen atoms in total. The second-order valence-electron chi connectivity index (χ2n) is 4.88. The van der Waals surface area contributed by atoms with E-state index in [1.54, 1.807) is 10.7 Å². The molecule has 1 N–H and O–H groups in total. The number of aromatic nitrogens is 4. The first kappa shape index (κ1) is 12.2. The van der Waals surface area contributed by atoms with Crippen LogP contribution < -0.4 is 5.32 Å². The quantitative estimate of drug-likeness (QED) is 0.906. The van der Waals surface area contributed by atoms with Gasteiger partial charge < -0.3 is 5.32 Å². The van der Waals surface area contributed by atoms with Crippen molar-refractivity contribution < 1.29 is 4.39 Å². The standard InChI is InChI=1S/C13H16FN5/c14-11-2-1-3-12(9-11)19-13(16-17-18-19)8-10-4-6-15-7-5-10/h1-3,9-10,15H,4-8H2. The van der Waals surface area contributed by atoms with Crippen molar-refractivity contribution in [2.24, 2.45) is 5.92 Å². The van der Waals surface area contributed by atoms with Crippen molar-refractivity contribution in [3.05, 3.63) is 35.9 Å². The molecule has 2 aromatic rings. The van der Waals surface area contributed by atoms with Gasteiger partial charge in [-0.05, 0) is 60.5 Å². The van der Waals surface area contributed by atoms with E-state index >= 15 is 0 Å². The van der Waals surface area contributed by atoms with Crippen LogP contribution in [0.2, 0.25) is 0 Å². The molecule has 0 unspecified atom stereocenters. The van der Waals surface area contributed by atoms with Crippen molar-refractivity contribution >= 4 is 0 Å². The van der Waals surface area contributed by atoms with Crippen LogP contribution in [0.15, 0.2) is 24.3 Å². The Bertz CT molecular complexity index is 547. The molecule has 1 saturated heterocycles. The molecule has 100 valence electrons. The molecule has 0 amide bonds. The maximum Gasteiger partial charge on any atom is 0.156 e. The molecule has 1 aromatic carbocycles. The number of rotatable bonds is 3. The van der Waals surface area contributed by atoms with Gasteiger partial charge in [0.1, 0.15) is 5.82 Å². The van der Waals surface area contributed by atoms with Crippen LogP contribution in [0.1, 0.15) is 18.7 Å². The molecular weight excluding hydrogens is 245 g/mol. The Morgan fingerprint density at radius 3 is 2.95 bits per heavy atom. The normalized spacial score (nSPS) is 16.7. The summed E-state index contributed by atoms with van der Waals surface area (Å²) >= 11 is 0. The Labute approximate surface area is 110 Å². The summed E-state index contributed by atoms with van der Waals surface area (Å²) in [5, 5.41) is 15.1. The highest BCUT2D eigenvalue weighted by Gasteiger charge is 2.18. The summed E-state index contributed by atoms with van der Waals surface area (Å²) in [6, 6.07) is 6.34. The largest absolute Gasteiger partial charge is 0.317 e. The van der Waals surface area contributed by atoms with Gasteiger partial charge in [-0.1, -0.05) is 6.07 Å². The van der Waals surface area contributed by atoms with E-state index in [4.69, 9.17) is 0 Å². The van der Waals surface area contributed by atoms with Gasteiger partial charge in [0.2, 0.25) is 0 Å². The van der Waals surface area contributed by atoms with Crippen LogP contribution in [0.25, 0.3) is 5.69 Å². The fourth-order valence-electron chi connectivity index (χ4n) is 2.49. The molecular formula is C13H16FN5. The zero-order chi connectivity index (χ0) is 13.1. The second kappa shape index (κ2) is 5.44. The van der Waals surface area contributed by atoms with Gasteiger partial charge in [-0.3, -0.25) is 0 Å². The summed E-state index contributed by atoms with van der Waals surface area (Å²) in [6.07, 6.45) is 3.11. The molecule has 19 heavy (non-hydrogen) atoms. The first-order valence-electron chi connectivity index (χ1n) is 6.57. The molecule has 1 aromatic heterocycles. The molecule has 0 spiro atoms. The molecule has 1 aliphatic rings. The number of nitrogens with one attached hydrogen (secondary N) is 1. The van der Waals surface area contributed by atoms with Crippen molar-refractivity contribution in [1.82, 2.24) is 25.5 Å². The van der Waals surface area contributed by atoms with Gasteiger partial charge in [0.15, 0.2) is 5.82 Å². The minimum Gasteiger partial charge on any atom is -0.317 e. The highest BCUT2D eigenvalue weighted by Crippen LogP contribution is 2.18. The third-order valence-electron chi connectivity index (χ3n) is 3.52. The molecule has 6 heteroatoms. The molecule has 0 saturated carbocycles. The predicted molar refractivity (Wildman–Crippen MR) is 68.4 cm³/mol. The topological polar surface area (TPSA) is 55.6 Å². The Kier molecular flexibility index (Phi) is 3.50. The smallest absolute Gasteiger partial charge is 0.156 e. The molecule has 1 aliphatic heterocycles. The first-order chi connectivity index (χ1) is 9.33. The average molecular weight is 261 g/mol. The van der Waals surface area contributed by atoms with Crippen LogP contribution in [-0.2, 0) is 6.42 Å². The summed E-state index contributed by atoms with van der Waals surface area (Å²) in [5.41, 5.74) is 0.675. The molecule has 1 fully saturated rings. The van der Waals surface area contributed by atoms with Crippen molar-refractivity contribution in [1.29, 1.82) is 0 Å². The van der Waals surface area contributed by atoms with Crippen LogP contribution in [0.4, 0.5) is 4.39 Å². The summed E-state index contributed by atoms with van der Waals surface area (Å²) in [4.78, 5) is 0. The number of nitrogens with zero attached hydrogens (tertiary/aromatic N) is 4. The van der Waals surface area contributed by atoms with Gasteiger partial charge in [-0.25, -0.2) is 4.39 Å². The van der Waals surface area contributed by atoms with Gasteiger partial charge in [-0.2, -0.15) is 4.68 Å². The van der Waals surface area contributed by atoms with Crippen LogP contribution in [0.5, 0.6) is 0 Å². The van der Waals surface area contributed by atoms with Crippen LogP contribution in [0.3, 0.4) is 0 Å². The second-order valence-corrected chi connectivity index (χ2v) is 4.88. The molecule has 0 aliphatic carbocycles. The molecule has 0 atom stereocenters. The summed E-state index contributed by atoms with van der Waals surface area (Å²) < 4.78 is 14.9. The van der Waals surface area contributed by atoms with E-state index in [2.05, 4.69) is 20.8 Å². The average Bonchev–Trinajstić information content (AvgIpc) is 2.88. The molecule has 2 heterocycles. The lowest BCUT2D eigenvalue weighted by molar-refractivity contribution is 0.365. The molecule has 0 radical (unpaired) electrons. The maximum absolute atomic E-state index is 13.3. The van der Waals surface area contributed by atoms with E-state index in [0.717, 1.165) is 38.2 Å². The fraction of sp³-hybridized carbons (Fsp3) is 0.462. The minimum absolute atomic E-state index is 0.277. The van der Waals surface area contributed by atoms with E-state index in [1.807, 2.05) is 6.07 Å². The summed E-state index contributed by atoms with van der Waals surface area (Å²) in [5.74, 6) is 1.12. The van der Waals surface area contributed by atoms with Gasteiger partial charge in [0.25, 0.3) is 0 Å². The van der Waals surface area contributed by atoms with Crippen LogP contribution in [0, 0.1) is 11.7 Å². The third kappa shape index (κ3) is 2.78. The van der Waals surface area contributed by atoms with Crippen LogP contribution in [-0.4, -0.2) is 33.3 Å². The lowest BCUT2D eigenvalue weighted by Gasteiger charge is -2.21. The lowest BCUT2D eigenvalue weighted by Crippen LogP contribution is -2.29. The van der Waals surface area contributed by atoms with Gasteiger partial charge in [-0.15, -0.1) is 5.10 Å². The van der Waals surface area contributed by atoms with Gasteiger partial charge in [0, 0.05) is 6.42 Å². The molecule has 3 rings (SSSR count). The fourth-order valence-corrected chi connectivity index (χ4v) is 2.49. The SMILES string of the molecule is Fc1cccc(-n2nnnc2CC2CCNCC2)c1. The van der Waals surface area contributed by atoms with Crippen molar-refractivity contribution in [2.45, 2.75) is 19.3 Å². The van der Waals surface area contributed by atoms with Crippen molar-refractivity contribution in [3.8, 4) is 5.69 Å². The Morgan fingerprint density at radius 1 is 1.32 bits per heavy atom. The number of piperidine rings is 1. The molecule has 0 bridgehead atoms. The van der Waals surface area contributed by atoms with Crippen molar-refractivity contribution in [2.75, 3.05) is 13.1 Å². The highest BCUT2D eigenvalue weighted by atomic mass is 19.1. The first-order valence-corrected chi connectivity index (χ1v) is 6.57. The van der Waals surface area contributed by atoms with E-state index in [1.165, 1.54) is 12.1 Å². The number of tetrazole rings is 1. The van der Waals surface area contributed by atoms with E-state index in [9.17, 15) is 4.39 Å². The Morgan fingerprint density at radius 2 is 2.16 bits per heavy atom. The zero-order valence-electron chi connectivity index (χ0n) is 10.6. The monoisotopic (exact) mass is 261 g/mol. The Balaban J connectivity index is 1.81. The predicted octanol–water partition coefficient (Wildman–Crippen LogP) is 1.34. The third-order valence-corrected chi connectivity index (χ3v) is 3.52. The minimum atomic E-state index is -0.277. The summed E-state index contributed by atoms with van der Waals surface area (Å²) in [7, 11) is 0. The van der Waals surface area contributed by atoms with E-state index < -0.39 is 0 Å². The Hall–Kier alpha value is -1.82. The van der Waals surface area contributed by atoms with Crippen LogP contribution >= 0.6 is 0 Å². The van der Waals surface area contributed by atoms with Gasteiger partial charge >= 0.3 is 0 Å². The number of hydrogen-bond acceptors (Lipinski definition) is 4. The number of benzene rings is 1. The number of halogens is 1. The van der Waals surface area contributed by atoms with Gasteiger partial charge in [0.05, 0.1) is 5.69 Å². The summed E-state index contributed by atoms with van der Waals surface area (Å²) in [6.45, 7) is 2.10. The van der Waals surface area contributed by atoms with Crippen molar-refractivity contribution in [3.63, 3.8) is 0 Å². The highest BCUT2D eigenvalue weighted by molar-refractivity contribution is 5.31. The lowest BCUT2D eigenvalue weighted by atomic mass is 9.94. The van der Waals surface area contributed by atoms with E-state index in [0.29, 0.717) is 11.6 Å². The number of hydrogen-bond donors (Lipinski definition) is 1. The van der Waals surface area contributed by atoms with E-state index in [-0.39, 0.29) is 5.82 Å².